The second-order valence-electron chi connectivity index (χ2n) is 6.26. The van der Waals surface area contributed by atoms with Crippen molar-refractivity contribution < 1.29 is 29.5 Å². The summed E-state index contributed by atoms with van der Waals surface area (Å²) in [5, 5.41) is 35.9. The first-order valence-electron chi connectivity index (χ1n) is 8.82. The van der Waals surface area contributed by atoms with Crippen molar-refractivity contribution in [2.75, 3.05) is 11.6 Å². The van der Waals surface area contributed by atoms with Crippen LogP contribution in [0.5, 0.6) is 11.5 Å². The molecular formula is C20H17N3O7. The second-order valence-corrected chi connectivity index (χ2v) is 6.26. The summed E-state index contributed by atoms with van der Waals surface area (Å²) in [5.41, 5.74) is 0.198. The molecule has 2 aromatic carbocycles. The normalized spacial score (nSPS) is 14.7. The fraction of sp³-hybridized carbons (Fsp3) is 0.150. The number of nitrogens with zero attached hydrogens (tertiary/aromatic N) is 3. The smallest absolute Gasteiger partial charge is 0.335 e. The summed E-state index contributed by atoms with van der Waals surface area (Å²) >= 11 is 0. The number of amides is 1. The number of aromatic carboxylic acids is 1. The lowest BCUT2D eigenvalue weighted by Gasteiger charge is -2.12. The average molecular weight is 411 g/mol. The van der Waals surface area contributed by atoms with Gasteiger partial charge in [-0.3, -0.25) is 14.9 Å². The number of carboxylic acids is 1. The summed E-state index contributed by atoms with van der Waals surface area (Å²) < 4.78 is 5.21. The van der Waals surface area contributed by atoms with Crippen LogP contribution in [-0.2, 0) is 4.79 Å². The van der Waals surface area contributed by atoms with E-state index in [1.54, 1.807) is 13.8 Å². The van der Waals surface area contributed by atoms with E-state index in [0.29, 0.717) is 5.71 Å². The molecule has 0 fully saturated rings. The van der Waals surface area contributed by atoms with Gasteiger partial charge in [0.1, 0.15) is 0 Å². The quantitative estimate of drug-likeness (QED) is 0.422. The molecule has 1 heterocycles. The predicted molar refractivity (Wildman–Crippen MR) is 108 cm³/mol. The number of hydrazone groups is 1. The fourth-order valence-corrected chi connectivity index (χ4v) is 2.95. The molecule has 0 unspecified atom stereocenters. The third kappa shape index (κ3) is 3.70. The third-order valence-electron chi connectivity index (χ3n) is 4.31. The van der Waals surface area contributed by atoms with Crippen LogP contribution in [0.1, 0.15) is 29.8 Å². The zero-order valence-electron chi connectivity index (χ0n) is 16.0. The van der Waals surface area contributed by atoms with Crippen LogP contribution >= 0.6 is 0 Å². The number of aromatic hydroxyl groups is 1. The molecule has 10 heteroatoms. The molecule has 1 amide bonds. The summed E-state index contributed by atoms with van der Waals surface area (Å²) in [5.74, 6) is -2.40. The molecule has 154 valence electrons. The molecule has 0 aromatic heterocycles. The Morgan fingerprint density at radius 2 is 2.07 bits per heavy atom. The molecule has 3 rings (SSSR count). The first-order chi connectivity index (χ1) is 14.2. The minimum Gasteiger partial charge on any atom is -0.504 e. The van der Waals surface area contributed by atoms with Crippen molar-refractivity contribution >= 4 is 35.0 Å². The Kier molecular flexibility index (Phi) is 5.50. The Balaban J connectivity index is 2.06. The average Bonchev–Trinajstić information content (AvgIpc) is 2.98. The van der Waals surface area contributed by atoms with Gasteiger partial charge in [-0.15, -0.1) is 0 Å². The minimum absolute atomic E-state index is 0.0129. The highest BCUT2D eigenvalue weighted by Crippen LogP contribution is 2.40. The van der Waals surface area contributed by atoms with Gasteiger partial charge in [-0.2, -0.15) is 10.1 Å². The molecule has 2 aromatic rings. The number of carboxylic acid groups (broad SMARTS) is 1. The number of rotatable bonds is 6. The summed E-state index contributed by atoms with van der Waals surface area (Å²) in [7, 11) is 0. The molecule has 10 nitrogen and oxygen atoms in total. The third-order valence-corrected chi connectivity index (χ3v) is 4.31. The maximum atomic E-state index is 12.9. The summed E-state index contributed by atoms with van der Waals surface area (Å²) in [4.78, 5) is 35.0. The van der Waals surface area contributed by atoms with Gasteiger partial charge in [-0.1, -0.05) is 6.07 Å². The zero-order valence-corrected chi connectivity index (χ0v) is 16.0. The van der Waals surface area contributed by atoms with Crippen LogP contribution in [0.4, 0.5) is 11.4 Å². The van der Waals surface area contributed by atoms with Crippen molar-refractivity contribution in [3.63, 3.8) is 0 Å². The zero-order chi connectivity index (χ0) is 22.0. The van der Waals surface area contributed by atoms with Crippen molar-refractivity contribution in [1.82, 2.24) is 0 Å². The molecule has 2 N–H and O–H groups in total. The van der Waals surface area contributed by atoms with E-state index in [9.17, 15) is 24.8 Å². The van der Waals surface area contributed by atoms with Crippen LogP contribution in [0, 0.1) is 10.1 Å². The Bertz CT molecular complexity index is 1120. The fourth-order valence-electron chi connectivity index (χ4n) is 2.95. The molecule has 0 radical (unpaired) electrons. The van der Waals surface area contributed by atoms with Crippen molar-refractivity contribution in [3.05, 3.63) is 63.2 Å². The van der Waals surface area contributed by atoms with E-state index in [4.69, 9.17) is 9.84 Å². The van der Waals surface area contributed by atoms with Crippen molar-refractivity contribution in [2.24, 2.45) is 5.10 Å². The van der Waals surface area contributed by atoms with Crippen molar-refractivity contribution in [2.45, 2.75) is 13.8 Å². The standard InChI is InChI=1S/C20H17N3O7/c1-3-30-18-16(24)8-7-12(17(18)23(28)29)10-15-11(2)21-22(19(15)25)14-6-4-5-13(9-14)20(26)27/h4-10,24H,3H2,1-2H3,(H,26,27). The summed E-state index contributed by atoms with van der Waals surface area (Å²) in [6, 6.07) is 8.24. The number of nitro benzene ring substituents is 1. The van der Waals surface area contributed by atoms with Gasteiger partial charge in [-0.25, -0.2) is 4.79 Å². The van der Waals surface area contributed by atoms with E-state index < -0.39 is 22.5 Å². The van der Waals surface area contributed by atoms with Crippen molar-refractivity contribution in [3.8, 4) is 11.5 Å². The highest BCUT2D eigenvalue weighted by Gasteiger charge is 2.31. The summed E-state index contributed by atoms with van der Waals surface area (Å²) in [6.07, 6.45) is 1.29. The number of phenolic OH excluding ortho intramolecular Hbond substituents is 1. The van der Waals surface area contributed by atoms with E-state index in [-0.39, 0.29) is 40.5 Å². The number of hydrogen-bond acceptors (Lipinski definition) is 7. The maximum absolute atomic E-state index is 12.9. The van der Waals surface area contributed by atoms with Gasteiger partial charge >= 0.3 is 11.7 Å². The largest absolute Gasteiger partial charge is 0.504 e. The van der Waals surface area contributed by atoms with Gasteiger partial charge in [-0.05, 0) is 50.3 Å². The van der Waals surface area contributed by atoms with Crippen LogP contribution in [-0.4, -0.2) is 39.3 Å². The lowest BCUT2D eigenvalue weighted by atomic mass is 10.0. The van der Waals surface area contributed by atoms with Crippen LogP contribution < -0.4 is 9.75 Å². The van der Waals surface area contributed by atoms with Crippen LogP contribution in [0.3, 0.4) is 0 Å². The van der Waals surface area contributed by atoms with Gasteiger partial charge in [0.25, 0.3) is 5.91 Å². The van der Waals surface area contributed by atoms with Crippen LogP contribution in [0.25, 0.3) is 6.08 Å². The molecule has 0 spiro atoms. The highest BCUT2D eigenvalue weighted by molar-refractivity contribution is 6.32. The Hall–Kier alpha value is -4.21. The van der Waals surface area contributed by atoms with Crippen molar-refractivity contribution in [1.29, 1.82) is 0 Å². The van der Waals surface area contributed by atoms with E-state index in [1.165, 1.54) is 42.5 Å². The van der Waals surface area contributed by atoms with E-state index in [1.807, 2.05) is 0 Å². The lowest BCUT2D eigenvalue weighted by molar-refractivity contribution is -0.386. The molecule has 1 aliphatic rings. The van der Waals surface area contributed by atoms with Gasteiger partial charge in [0.2, 0.25) is 5.75 Å². The Morgan fingerprint density at radius 3 is 2.70 bits per heavy atom. The van der Waals surface area contributed by atoms with Gasteiger partial charge in [0, 0.05) is 0 Å². The number of phenols is 1. The monoisotopic (exact) mass is 411 g/mol. The molecule has 0 bridgehead atoms. The van der Waals surface area contributed by atoms with Gasteiger partial charge in [0.15, 0.2) is 5.75 Å². The number of benzene rings is 2. The topological polar surface area (TPSA) is 143 Å². The summed E-state index contributed by atoms with van der Waals surface area (Å²) in [6.45, 7) is 3.27. The van der Waals surface area contributed by atoms with E-state index in [2.05, 4.69) is 5.10 Å². The van der Waals surface area contributed by atoms with Gasteiger partial charge < -0.3 is 14.9 Å². The highest BCUT2D eigenvalue weighted by atomic mass is 16.6. The Morgan fingerprint density at radius 1 is 1.33 bits per heavy atom. The number of anilines is 1. The molecule has 30 heavy (non-hydrogen) atoms. The SMILES string of the molecule is CCOc1c(O)ccc(C=C2C(=O)N(c3cccc(C(=O)O)c3)N=C2C)c1[N+](=O)[O-]. The number of carbonyl (C=O) groups excluding carboxylic acids is 1. The van der Waals surface area contributed by atoms with E-state index in [0.717, 1.165) is 5.01 Å². The second kappa shape index (κ2) is 8.03. The number of ether oxygens (including phenoxy) is 1. The van der Waals surface area contributed by atoms with Crippen LogP contribution in [0.2, 0.25) is 0 Å². The molecule has 0 atom stereocenters. The minimum atomic E-state index is -1.15. The van der Waals surface area contributed by atoms with Gasteiger partial charge in [0.05, 0.1) is 39.6 Å². The molecule has 1 aliphatic heterocycles. The predicted octanol–water partition coefficient (Wildman–Crippen LogP) is 3.20. The molecule has 0 aliphatic carbocycles. The van der Waals surface area contributed by atoms with E-state index >= 15 is 0 Å². The number of carbonyl (C=O) groups is 2. The first-order valence-corrected chi connectivity index (χ1v) is 8.82. The number of nitro groups is 1. The first kappa shape index (κ1) is 20.5. The Labute approximate surface area is 170 Å². The molecule has 0 saturated carbocycles. The molecular weight excluding hydrogens is 394 g/mol. The maximum Gasteiger partial charge on any atom is 0.335 e. The lowest BCUT2D eigenvalue weighted by Crippen LogP contribution is -2.21. The molecule has 0 saturated heterocycles. The number of hydrogen-bond donors (Lipinski definition) is 2. The van der Waals surface area contributed by atoms with Crippen LogP contribution in [0.15, 0.2) is 47.1 Å².